The van der Waals surface area contributed by atoms with Crippen LogP contribution >= 0.6 is 12.4 Å². The van der Waals surface area contributed by atoms with Gasteiger partial charge in [-0.25, -0.2) is 0 Å². The molecule has 0 aromatic heterocycles. The van der Waals surface area contributed by atoms with Gasteiger partial charge in [0.2, 0.25) is 0 Å². The quantitative estimate of drug-likeness (QED) is 0.612. The van der Waals surface area contributed by atoms with Crippen molar-refractivity contribution in [1.82, 2.24) is 5.32 Å². The van der Waals surface area contributed by atoms with Gasteiger partial charge in [-0.05, 0) is 25.8 Å². The number of hydrogen-bond acceptors (Lipinski definition) is 1. The van der Waals surface area contributed by atoms with Crippen LogP contribution in [0.25, 0.3) is 0 Å². The Balaban J connectivity index is 0.000000810. The van der Waals surface area contributed by atoms with Gasteiger partial charge in [-0.15, -0.1) is 12.4 Å². The minimum absolute atomic E-state index is 0. The molecule has 0 aromatic carbocycles. The maximum Gasteiger partial charge on any atom is 0.0250 e. The van der Waals surface area contributed by atoms with E-state index < -0.39 is 0 Å². The number of nitrogens with one attached hydrogen (secondary N) is 1. The first kappa shape index (κ1) is 9.99. The monoisotopic (exact) mass is 161 g/mol. The molecule has 2 heteroatoms. The highest BCUT2D eigenvalue weighted by Crippen LogP contribution is 2.05. The van der Waals surface area contributed by atoms with Crippen molar-refractivity contribution in [2.75, 3.05) is 6.54 Å². The summed E-state index contributed by atoms with van der Waals surface area (Å²) < 4.78 is 0. The summed E-state index contributed by atoms with van der Waals surface area (Å²) in [5.74, 6) is 0. The molecule has 1 aliphatic rings. The third kappa shape index (κ3) is 3.23. The van der Waals surface area contributed by atoms with E-state index in [2.05, 4.69) is 24.4 Å². The van der Waals surface area contributed by atoms with Crippen molar-refractivity contribution in [3.63, 3.8) is 0 Å². The fraction of sp³-hybridized carbons (Fsp3) is 0.750. The van der Waals surface area contributed by atoms with Gasteiger partial charge < -0.3 is 5.32 Å². The van der Waals surface area contributed by atoms with Crippen molar-refractivity contribution in [3.8, 4) is 0 Å². The van der Waals surface area contributed by atoms with Gasteiger partial charge >= 0.3 is 0 Å². The molecule has 1 unspecified atom stereocenters. The maximum absolute atomic E-state index is 3.40. The lowest BCUT2D eigenvalue weighted by atomic mass is 10.2. The molecule has 0 aromatic rings. The number of hydrogen-bond donors (Lipinski definition) is 1. The summed E-state index contributed by atoms with van der Waals surface area (Å²) in [4.78, 5) is 0. The molecule has 0 amide bonds. The van der Waals surface area contributed by atoms with Crippen LogP contribution in [0, 0.1) is 0 Å². The first-order chi connectivity index (χ1) is 4.43. The zero-order chi connectivity index (χ0) is 6.53. The second-order valence-corrected chi connectivity index (χ2v) is 2.54. The van der Waals surface area contributed by atoms with Gasteiger partial charge in [0.15, 0.2) is 0 Å². The molecule has 1 fully saturated rings. The predicted molar refractivity (Wildman–Crippen MR) is 47.7 cm³/mol. The number of halogens is 1. The fourth-order valence-electron chi connectivity index (χ4n) is 1.18. The van der Waals surface area contributed by atoms with Gasteiger partial charge in [0.1, 0.15) is 0 Å². The molecule has 1 N–H and O–H groups in total. The lowest BCUT2D eigenvalue weighted by molar-refractivity contribution is 0.725. The van der Waals surface area contributed by atoms with Crippen LogP contribution < -0.4 is 5.32 Å². The van der Waals surface area contributed by atoms with Gasteiger partial charge in [-0.2, -0.15) is 0 Å². The molecule has 0 radical (unpaired) electrons. The Labute approximate surface area is 69.3 Å². The summed E-state index contributed by atoms with van der Waals surface area (Å²) in [5.41, 5.74) is 0. The third-order valence-corrected chi connectivity index (χ3v) is 1.70. The Morgan fingerprint density at radius 1 is 1.60 bits per heavy atom. The molecule has 0 bridgehead atoms. The van der Waals surface area contributed by atoms with E-state index in [1.807, 2.05) is 0 Å². The number of rotatable bonds is 2. The Bertz CT molecular complexity index is 95.4. The highest BCUT2D eigenvalue weighted by molar-refractivity contribution is 5.85. The first-order valence-electron chi connectivity index (χ1n) is 3.83. The summed E-state index contributed by atoms with van der Waals surface area (Å²) in [5, 5.41) is 3.40. The highest BCUT2D eigenvalue weighted by atomic mass is 35.5. The Kier molecular flexibility index (Phi) is 5.74. The SMILES string of the molecule is CC/C=C\C1CCCN1.Cl. The van der Waals surface area contributed by atoms with E-state index >= 15 is 0 Å². The average Bonchev–Trinajstić information content (AvgIpc) is 2.34. The lowest BCUT2D eigenvalue weighted by Gasteiger charge is -2.00. The summed E-state index contributed by atoms with van der Waals surface area (Å²) in [6.45, 7) is 3.38. The topological polar surface area (TPSA) is 12.0 Å². The van der Waals surface area contributed by atoms with E-state index in [-0.39, 0.29) is 12.4 Å². The second-order valence-electron chi connectivity index (χ2n) is 2.54. The van der Waals surface area contributed by atoms with E-state index in [1.54, 1.807) is 0 Å². The van der Waals surface area contributed by atoms with Crippen LogP contribution in [-0.2, 0) is 0 Å². The maximum atomic E-state index is 3.40. The predicted octanol–water partition coefficient (Wildman–Crippen LogP) is 2.13. The molecule has 10 heavy (non-hydrogen) atoms. The standard InChI is InChI=1S/C8H15N.ClH/c1-2-3-5-8-6-4-7-9-8;/h3,5,8-9H,2,4,6-7H2,1H3;1H/b5-3-;. The van der Waals surface area contributed by atoms with Crippen LogP contribution in [0.3, 0.4) is 0 Å². The Morgan fingerprint density at radius 3 is 2.90 bits per heavy atom. The molecule has 1 aliphatic heterocycles. The van der Waals surface area contributed by atoms with Gasteiger partial charge in [0.25, 0.3) is 0 Å². The molecule has 1 rings (SSSR count). The zero-order valence-corrected chi connectivity index (χ0v) is 7.29. The van der Waals surface area contributed by atoms with Crippen LogP contribution in [0.15, 0.2) is 12.2 Å². The highest BCUT2D eigenvalue weighted by Gasteiger charge is 2.08. The van der Waals surface area contributed by atoms with Crippen molar-refractivity contribution in [1.29, 1.82) is 0 Å². The van der Waals surface area contributed by atoms with Crippen LogP contribution in [0.1, 0.15) is 26.2 Å². The smallest absolute Gasteiger partial charge is 0.0250 e. The molecule has 60 valence electrons. The summed E-state index contributed by atoms with van der Waals surface area (Å²) in [7, 11) is 0. The van der Waals surface area contributed by atoms with Crippen molar-refractivity contribution in [2.45, 2.75) is 32.2 Å². The van der Waals surface area contributed by atoms with Gasteiger partial charge in [0, 0.05) is 6.04 Å². The van der Waals surface area contributed by atoms with Gasteiger partial charge in [-0.3, -0.25) is 0 Å². The van der Waals surface area contributed by atoms with E-state index in [9.17, 15) is 0 Å². The van der Waals surface area contributed by atoms with Crippen molar-refractivity contribution < 1.29 is 0 Å². The number of allylic oxidation sites excluding steroid dienone is 1. The van der Waals surface area contributed by atoms with Gasteiger partial charge in [0.05, 0.1) is 0 Å². The molecule has 1 saturated heterocycles. The fourth-order valence-corrected chi connectivity index (χ4v) is 1.18. The zero-order valence-electron chi connectivity index (χ0n) is 6.47. The lowest BCUT2D eigenvalue weighted by Crippen LogP contribution is -2.17. The minimum atomic E-state index is 0. The molecule has 1 nitrogen and oxygen atoms in total. The normalized spacial score (nSPS) is 25.1. The Morgan fingerprint density at radius 2 is 2.40 bits per heavy atom. The van der Waals surface area contributed by atoms with E-state index in [0.717, 1.165) is 6.42 Å². The summed E-state index contributed by atoms with van der Waals surface area (Å²) in [6, 6.07) is 0.685. The molecule has 0 saturated carbocycles. The third-order valence-electron chi connectivity index (χ3n) is 1.70. The first-order valence-corrected chi connectivity index (χ1v) is 3.83. The largest absolute Gasteiger partial charge is 0.311 e. The summed E-state index contributed by atoms with van der Waals surface area (Å²) >= 11 is 0. The molecular formula is C8H16ClN. The van der Waals surface area contributed by atoms with Crippen LogP contribution in [0.4, 0.5) is 0 Å². The van der Waals surface area contributed by atoms with Crippen LogP contribution in [0.5, 0.6) is 0 Å². The van der Waals surface area contributed by atoms with Crippen molar-refractivity contribution in [3.05, 3.63) is 12.2 Å². The Hall–Kier alpha value is -0.0100. The molecular weight excluding hydrogens is 146 g/mol. The van der Waals surface area contributed by atoms with E-state index in [1.165, 1.54) is 19.4 Å². The van der Waals surface area contributed by atoms with Crippen LogP contribution in [-0.4, -0.2) is 12.6 Å². The van der Waals surface area contributed by atoms with E-state index in [4.69, 9.17) is 0 Å². The summed E-state index contributed by atoms with van der Waals surface area (Å²) in [6.07, 6.45) is 8.36. The van der Waals surface area contributed by atoms with Gasteiger partial charge in [-0.1, -0.05) is 19.1 Å². The van der Waals surface area contributed by atoms with Crippen LogP contribution in [0.2, 0.25) is 0 Å². The minimum Gasteiger partial charge on any atom is -0.311 e. The van der Waals surface area contributed by atoms with E-state index in [0.29, 0.717) is 6.04 Å². The molecule has 0 spiro atoms. The molecule has 0 aliphatic carbocycles. The van der Waals surface area contributed by atoms with Crippen molar-refractivity contribution in [2.24, 2.45) is 0 Å². The molecule has 1 heterocycles. The second kappa shape index (κ2) is 5.75. The molecule has 1 atom stereocenters. The van der Waals surface area contributed by atoms with Crippen molar-refractivity contribution >= 4 is 12.4 Å². The average molecular weight is 162 g/mol.